The van der Waals surface area contributed by atoms with Crippen molar-refractivity contribution in [3.05, 3.63) is 65.0 Å². The maximum absolute atomic E-state index is 12.4. The Bertz CT molecular complexity index is 972. The van der Waals surface area contributed by atoms with Crippen molar-refractivity contribution >= 4 is 17.5 Å². The van der Waals surface area contributed by atoms with Gasteiger partial charge in [0.2, 0.25) is 17.6 Å². The zero-order chi connectivity index (χ0) is 18.8. The van der Waals surface area contributed by atoms with Crippen molar-refractivity contribution in [1.82, 2.24) is 15.0 Å². The van der Waals surface area contributed by atoms with Gasteiger partial charge in [0.25, 0.3) is 0 Å². The average molecular weight is 384 g/mol. The Morgan fingerprint density at radius 1 is 1.26 bits per heavy atom. The molecule has 6 nitrogen and oxygen atoms in total. The van der Waals surface area contributed by atoms with Gasteiger partial charge in [-0.05, 0) is 29.8 Å². The molecule has 1 unspecified atom stereocenters. The summed E-state index contributed by atoms with van der Waals surface area (Å²) in [6, 6.07) is 15.0. The minimum atomic E-state index is -0.118. The third kappa shape index (κ3) is 3.66. The van der Waals surface area contributed by atoms with Crippen LogP contribution in [-0.2, 0) is 11.3 Å². The lowest BCUT2D eigenvalue weighted by Gasteiger charge is -2.16. The number of benzene rings is 2. The largest absolute Gasteiger partial charge is 0.496 e. The highest BCUT2D eigenvalue weighted by Crippen LogP contribution is 2.32. The number of rotatable bonds is 5. The second kappa shape index (κ2) is 7.40. The first-order valence-corrected chi connectivity index (χ1v) is 9.01. The van der Waals surface area contributed by atoms with Gasteiger partial charge in [-0.1, -0.05) is 41.0 Å². The molecule has 1 aliphatic heterocycles. The van der Waals surface area contributed by atoms with E-state index in [1.165, 1.54) is 0 Å². The molecule has 0 N–H and O–H groups in total. The van der Waals surface area contributed by atoms with Crippen LogP contribution in [0.5, 0.6) is 5.75 Å². The van der Waals surface area contributed by atoms with Crippen LogP contribution in [0.25, 0.3) is 11.4 Å². The van der Waals surface area contributed by atoms with Gasteiger partial charge in [0, 0.05) is 24.5 Å². The quantitative estimate of drug-likeness (QED) is 0.668. The molecule has 27 heavy (non-hydrogen) atoms. The summed E-state index contributed by atoms with van der Waals surface area (Å²) >= 11 is 6.03. The number of para-hydroxylation sites is 1. The molecule has 2 heterocycles. The molecular formula is C20H18ClN3O3. The highest BCUT2D eigenvalue weighted by molar-refractivity contribution is 6.30. The third-order valence-electron chi connectivity index (χ3n) is 4.62. The molecule has 0 aliphatic carbocycles. The van der Waals surface area contributed by atoms with Crippen molar-refractivity contribution in [1.29, 1.82) is 0 Å². The Hall–Kier alpha value is -2.86. The summed E-state index contributed by atoms with van der Waals surface area (Å²) in [5.41, 5.74) is 1.76. The summed E-state index contributed by atoms with van der Waals surface area (Å²) in [7, 11) is 1.60. The number of amides is 1. The maximum atomic E-state index is 12.4. The van der Waals surface area contributed by atoms with E-state index < -0.39 is 0 Å². The lowest BCUT2D eigenvalue weighted by atomic mass is 10.1. The molecule has 1 aliphatic rings. The molecule has 138 valence electrons. The van der Waals surface area contributed by atoms with Crippen molar-refractivity contribution in [2.24, 2.45) is 0 Å². The van der Waals surface area contributed by atoms with E-state index in [-0.39, 0.29) is 11.8 Å². The molecule has 1 atom stereocenters. The van der Waals surface area contributed by atoms with E-state index in [1.54, 1.807) is 12.0 Å². The Morgan fingerprint density at radius 2 is 2.11 bits per heavy atom. The van der Waals surface area contributed by atoms with Gasteiger partial charge in [0.05, 0.1) is 18.6 Å². The Morgan fingerprint density at radius 3 is 2.93 bits per heavy atom. The smallest absolute Gasteiger partial charge is 0.232 e. The summed E-state index contributed by atoms with van der Waals surface area (Å²) in [6.45, 7) is 1.06. The summed E-state index contributed by atoms with van der Waals surface area (Å²) in [6.07, 6.45) is 0.355. The second-order valence-corrected chi connectivity index (χ2v) is 6.90. The second-order valence-electron chi connectivity index (χ2n) is 6.46. The van der Waals surface area contributed by atoms with Crippen LogP contribution >= 0.6 is 11.6 Å². The normalized spacial score (nSPS) is 16.7. The number of likely N-dealkylation sites (tertiary alicyclic amines) is 1. The van der Waals surface area contributed by atoms with Crippen LogP contribution in [0.2, 0.25) is 5.02 Å². The highest BCUT2D eigenvalue weighted by atomic mass is 35.5. The van der Waals surface area contributed by atoms with Gasteiger partial charge in [0.1, 0.15) is 5.75 Å². The minimum absolute atomic E-state index is 0.0667. The van der Waals surface area contributed by atoms with Crippen LogP contribution in [0.4, 0.5) is 0 Å². The predicted octanol–water partition coefficient (Wildman–Crippen LogP) is 3.91. The van der Waals surface area contributed by atoms with E-state index >= 15 is 0 Å². The number of carbonyl (C=O) groups excluding carboxylic acids is 1. The van der Waals surface area contributed by atoms with Gasteiger partial charge in [-0.25, -0.2) is 0 Å². The number of methoxy groups -OCH3 is 1. The maximum Gasteiger partial charge on any atom is 0.232 e. The van der Waals surface area contributed by atoms with E-state index in [1.807, 2.05) is 48.5 Å². The molecule has 2 aromatic carbocycles. The Balaban J connectivity index is 1.50. The Kier molecular flexibility index (Phi) is 4.81. The first-order chi connectivity index (χ1) is 13.1. The lowest BCUT2D eigenvalue weighted by Crippen LogP contribution is -2.24. The van der Waals surface area contributed by atoms with E-state index in [9.17, 15) is 4.79 Å². The fourth-order valence-electron chi connectivity index (χ4n) is 3.29. The number of carbonyl (C=O) groups is 1. The lowest BCUT2D eigenvalue weighted by molar-refractivity contribution is -0.128. The minimum Gasteiger partial charge on any atom is -0.496 e. The molecule has 1 amide bonds. The third-order valence-corrected chi connectivity index (χ3v) is 4.85. The number of aromatic nitrogens is 2. The van der Waals surface area contributed by atoms with Crippen molar-refractivity contribution < 1.29 is 14.1 Å². The molecule has 1 saturated heterocycles. The van der Waals surface area contributed by atoms with Crippen LogP contribution in [0.3, 0.4) is 0 Å². The average Bonchev–Trinajstić information content (AvgIpc) is 3.29. The van der Waals surface area contributed by atoms with Gasteiger partial charge in [-0.3, -0.25) is 4.79 Å². The number of halogens is 1. The molecule has 7 heteroatoms. The van der Waals surface area contributed by atoms with Crippen LogP contribution in [-0.4, -0.2) is 34.6 Å². The summed E-state index contributed by atoms with van der Waals surface area (Å²) in [5.74, 6) is 1.56. The van der Waals surface area contributed by atoms with Gasteiger partial charge in [0.15, 0.2) is 0 Å². The molecule has 0 radical (unpaired) electrons. The van der Waals surface area contributed by atoms with Crippen molar-refractivity contribution in [3.63, 3.8) is 0 Å². The summed E-state index contributed by atoms with van der Waals surface area (Å²) in [5, 5.41) is 4.73. The summed E-state index contributed by atoms with van der Waals surface area (Å²) in [4.78, 5) is 18.7. The zero-order valence-corrected chi connectivity index (χ0v) is 15.5. The van der Waals surface area contributed by atoms with Gasteiger partial charge in [-0.2, -0.15) is 4.98 Å². The van der Waals surface area contributed by atoms with Crippen LogP contribution in [0.1, 0.15) is 23.8 Å². The molecule has 0 spiro atoms. The van der Waals surface area contributed by atoms with Crippen molar-refractivity contribution in [2.45, 2.75) is 18.9 Å². The molecular weight excluding hydrogens is 366 g/mol. The van der Waals surface area contributed by atoms with Crippen molar-refractivity contribution in [2.75, 3.05) is 13.7 Å². The topological polar surface area (TPSA) is 68.5 Å². The fraction of sp³-hybridized carbons (Fsp3) is 0.250. The Labute approximate surface area is 161 Å². The predicted molar refractivity (Wildman–Crippen MR) is 101 cm³/mol. The SMILES string of the molecule is COc1ccccc1-c1noc(C2CC(=O)N(Cc3cccc(Cl)c3)C2)n1. The molecule has 3 aromatic rings. The summed E-state index contributed by atoms with van der Waals surface area (Å²) < 4.78 is 10.8. The van der Waals surface area contributed by atoms with Crippen LogP contribution in [0, 0.1) is 0 Å². The number of ether oxygens (including phenoxy) is 1. The van der Waals surface area contributed by atoms with E-state index in [2.05, 4.69) is 10.1 Å². The first kappa shape index (κ1) is 17.5. The number of hydrogen-bond donors (Lipinski definition) is 0. The number of nitrogens with zero attached hydrogens (tertiary/aromatic N) is 3. The first-order valence-electron chi connectivity index (χ1n) is 8.63. The highest BCUT2D eigenvalue weighted by Gasteiger charge is 2.34. The molecule has 1 aromatic heterocycles. The zero-order valence-electron chi connectivity index (χ0n) is 14.8. The van der Waals surface area contributed by atoms with E-state index in [4.69, 9.17) is 20.9 Å². The van der Waals surface area contributed by atoms with E-state index in [0.29, 0.717) is 42.0 Å². The van der Waals surface area contributed by atoms with Crippen LogP contribution in [0.15, 0.2) is 53.1 Å². The molecule has 4 rings (SSSR count). The van der Waals surface area contributed by atoms with E-state index in [0.717, 1.165) is 11.1 Å². The van der Waals surface area contributed by atoms with Crippen LogP contribution < -0.4 is 4.74 Å². The van der Waals surface area contributed by atoms with Gasteiger partial charge in [-0.15, -0.1) is 0 Å². The van der Waals surface area contributed by atoms with Gasteiger partial charge < -0.3 is 14.2 Å². The van der Waals surface area contributed by atoms with Crippen molar-refractivity contribution in [3.8, 4) is 17.1 Å². The standard InChI is InChI=1S/C20H18ClN3O3/c1-26-17-8-3-2-7-16(17)19-22-20(27-23-19)14-10-18(25)24(12-14)11-13-5-4-6-15(21)9-13/h2-9,14H,10-12H2,1H3. The molecule has 1 fully saturated rings. The molecule has 0 saturated carbocycles. The number of hydrogen-bond acceptors (Lipinski definition) is 5. The molecule has 0 bridgehead atoms. The fourth-order valence-corrected chi connectivity index (χ4v) is 3.50. The monoisotopic (exact) mass is 383 g/mol. The van der Waals surface area contributed by atoms with Gasteiger partial charge >= 0.3 is 0 Å².